The van der Waals surface area contributed by atoms with Gasteiger partial charge in [-0.3, -0.25) is 0 Å². The minimum absolute atomic E-state index is 1.35. The van der Waals surface area contributed by atoms with Crippen molar-refractivity contribution in [2.24, 2.45) is 0 Å². The summed E-state index contributed by atoms with van der Waals surface area (Å²) in [7, 11) is 0. The van der Waals surface area contributed by atoms with Gasteiger partial charge >= 0.3 is 136 Å². The third-order valence-electron chi connectivity index (χ3n) is 4.97. The van der Waals surface area contributed by atoms with Gasteiger partial charge in [0.15, 0.2) is 0 Å². The molecular formula is C20H36Ge. The molecule has 0 aliphatic rings. The van der Waals surface area contributed by atoms with E-state index in [2.05, 4.69) is 51.1 Å². The van der Waals surface area contributed by atoms with Crippen LogP contribution in [0.25, 0.3) is 0 Å². The van der Waals surface area contributed by atoms with Crippen LogP contribution in [0, 0.1) is 0 Å². The topological polar surface area (TPSA) is 0 Å². The average Bonchev–Trinajstić information content (AvgIpc) is 2.54. The second kappa shape index (κ2) is 11.3. The molecule has 0 aliphatic carbocycles. The van der Waals surface area contributed by atoms with Crippen LogP contribution in [0.1, 0.15) is 64.9 Å². The van der Waals surface area contributed by atoms with Gasteiger partial charge in [0.25, 0.3) is 0 Å². The van der Waals surface area contributed by atoms with Crippen LogP contribution >= 0.6 is 0 Å². The van der Waals surface area contributed by atoms with Crippen molar-refractivity contribution in [1.29, 1.82) is 0 Å². The molecule has 1 rings (SSSR count). The Hall–Kier alpha value is -0.237. The normalized spacial score (nSPS) is 11.8. The van der Waals surface area contributed by atoms with Crippen LogP contribution in [0.3, 0.4) is 0 Å². The molecule has 0 bridgehead atoms. The van der Waals surface area contributed by atoms with Crippen molar-refractivity contribution in [2.75, 3.05) is 0 Å². The number of hydrogen-bond donors (Lipinski definition) is 0. The number of unbranched alkanes of at least 4 members (excludes halogenated alkanes) is 3. The second-order valence-electron chi connectivity index (χ2n) is 6.80. The molecule has 1 heteroatoms. The molecule has 21 heavy (non-hydrogen) atoms. The van der Waals surface area contributed by atoms with Crippen molar-refractivity contribution >= 4 is 13.3 Å². The van der Waals surface area contributed by atoms with E-state index in [-0.39, 0.29) is 0 Å². The van der Waals surface area contributed by atoms with Gasteiger partial charge in [0.2, 0.25) is 0 Å². The van der Waals surface area contributed by atoms with Crippen LogP contribution in [0.4, 0.5) is 0 Å². The first-order valence-corrected chi connectivity index (χ1v) is 15.2. The van der Waals surface area contributed by atoms with Gasteiger partial charge in [-0.1, -0.05) is 0 Å². The number of rotatable bonds is 12. The summed E-state index contributed by atoms with van der Waals surface area (Å²) >= 11 is -1.62. The van der Waals surface area contributed by atoms with Gasteiger partial charge in [-0.2, -0.15) is 0 Å². The predicted octanol–water partition coefficient (Wildman–Crippen LogP) is 7.08. The van der Waals surface area contributed by atoms with E-state index >= 15 is 0 Å². The molecule has 0 atom stereocenters. The molecule has 0 spiro atoms. The van der Waals surface area contributed by atoms with E-state index in [1.54, 1.807) is 26.6 Å². The third kappa shape index (κ3) is 7.54. The second-order valence-corrected chi connectivity index (χ2v) is 17.3. The van der Waals surface area contributed by atoms with Gasteiger partial charge in [0.1, 0.15) is 0 Å². The maximum absolute atomic E-state index is 2.36. The Balaban J connectivity index is 2.69. The molecule has 0 nitrogen and oxygen atoms in total. The van der Waals surface area contributed by atoms with Crippen molar-refractivity contribution in [3.8, 4) is 0 Å². The minimum atomic E-state index is -1.62. The molecule has 120 valence electrons. The maximum atomic E-state index is 2.36. The molecule has 0 heterocycles. The summed E-state index contributed by atoms with van der Waals surface area (Å²) in [6.45, 7) is 7.09. The monoisotopic (exact) mass is 350 g/mol. The zero-order valence-electron chi connectivity index (χ0n) is 14.7. The van der Waals surface area contributed by atoms with E-state index in [1.165, 1.54) is 44.9 Å². The van der Waals surface area contributed by atoms with Crippen molar-refractivity contribution in [2.45, 2.75) is 86.7 Å². The first kappa shape index (κ1) is 18.8. The number of aryl methyl sites for hydroxylation is 1. The molecule has 1 aromatic carbocycles. The standard InChI is InChI=1S/C20H36Ge/c1-4-7-16-21(17-8-5-2,18-9-6-3)19-15-20-13-11-10-12-14-20/h10-14H,4-9,15-19H2,1-3H3. The summed E-state index contributed by atoms with van der Waals surface area (Å²) in [4.78, 5) is 0. The van der Waals surface area contributed by atoms with E-state index in [0.29, 0.717) is 0 Å². The molecule has 0 amide bonds. The van der Waals surface area contributed by atoms with Crippen molar-refractivity contribution < 1.29 is 0 Å². The fourth-order valence-electron chi connectivity index (χ4n) is 3.46. The fourth-order valence-corrected chi connectivity index (χ4v) is 15.3. The van der Waals surface area contributed by atoms with Gasteiger partial charge < -0.3 is 0 Å². The number of benzene rings is 1. The Morgan fingerprint density at radius 3 is 1.57 bits per heavy atom. The molecular weight excluding hydrogens is 313 g/mol. The van der Waals surface area contributed by atoms with E-state index in [9.17, 15) is 0 Å². The van der Waals surface area contributed by atoms with Gasteiger partial charge in [-0.25, -0.2) is 0 Å². The Labute approximate surface area is 136 Å². The Morgan fingerprint density at radius 1 is 0.667 bits per heavy atom. The summed E-state index contributed by atoms with van der Waals surface area (Å²) in [5, 5.41) is 6.46. The van der Waals surface area contributed by atoms with E-state index in [0.717, 1.165) is 0 Å². The molecule has 1 aromatic rings. The first-order chi connectivity index (χ1) is 10.3. The Morgan fingerprint density at radius 2 is 1.14 bits per heavy atom. The van der Waals surface area contributed by atoms with Gasteiger partial charge in [-0.05, 0) is 0 Å². The zero-order valence-corrected chi connectivity index (χ0v) is 16.8. The van der Waals surface area contributed by atoms with Crippen LogP contribution in [-0.4, -0.2) is 13.3 Å². The van der Waals surface area contributed by atoms with Gasteiger partial charge in [-0.15, -0.1) is 0 Å². The fraction of sp³-hybridized carbons (Fsp3) is 0.700. The van der Waals surface area contributed by atoms with Crippen molar-refractivity contribution in [3.63, 3.8) is 0 Å². The van der Waals surface area contributed by atoms with Crippen LogP contribution in [0.2, 0.25) is 21.0 Å². The summed E-state index contributed by atoms with van der Waals surface area (Å²) in [6.07, 6.45) is 9.97. The quantitative estimate of drug-likeness (QED) is 0.354. The van der Waals surface area contributed by atoms with Gasteiger partial charge in [0.05, 0.1) is 0 Å². The molecule has 0 saturated carbocycles. The summed E-state index contributed by atoms with van der Waals surface area (Å²) < 4.78 is 0. The molecule has 0 saturated heterocycles. The van der Waals surface area contributed by atoms with Crippen LogP contribution in [0.5, 0.6) is 0 Å². The SMILES string of the molecule is CCC[CH2][Ge]([CH2]CCC)([CH2]CCC)[CH2]Cc1ccccc1. The molecule has 0 N–H and O–H groups in total. The molecule has 0 fully saturated rings. The molecule has 0 radical (unpaired) electrons. The van der Waals surface area contributed by atoms with E-state index in [4.69, 9.17) is 0 Å². The molecule has 0 aromatic heterocycles. The zero-order chi connectivity index (χ0) is 15.4. The molecule has 0 unspecified atom stereocenters. The number of hydrogen-bond acceptors (Lipinski definition) is 0. The first-order valence-electron chi connectivity index (χ1n) is 9.30. The van der Waals surface area contributed by atoms with E-state index < -0.39 is 13.3 Å². The summed E-state index contributed by atoms with van der Waals surface area (Å²) in [5.74, 6) is 0. The van der Waals surface area contributed by atoms with E-state index in [1.807, 2.05) is 0 Å². The van der Waals surface area contributed by atoms with Crippen LogP contribution < -0.4 is 0 Å². The van der Waals surface area contributed by atoms with Crippen LogP contribution in [-0.2, 0) is 6.42 Å². The Kier molecular flexibility index (Phi) is 10.2. The summed E-state index contributed by atoms with van der Waals surface area (Å²) in [6, 6.07) is 11.2. The third-order valence-corrected chi connectivity index (χ3v) is 16.6. The Bertz CT molecular complexity index is 322. The summed E-state index contributed by atoms with van der Waals surface area (Å²) in [5.41, 5.74) is 1.57. The van der Waals surface area contributed by atoms with Crippen molar-refractivity contribution in [3.05, 3.63) is 35.9 Å². The van der Waals surface area contributed by atoms with Crippen molar-refractivity contribution in [1.82, 2.24) is 0 Å². The van der Waals surface area contributed by atoms with Gasteiger partial charge in [0, 0.05) is 0 Å². The average molecular weight is 349 g/mol. The predicted molar refractivity (Wildman–Crippen MR) is 99.9 cm³/mol. The molecule has 0 aliphatic heterocycles. The van der Waals surface area contributed by atoms with Crippen LogP contribution in [0.15, 0.2) is 30.3 Å².